The van der Waals surface area contributed by atoms with Gasteiger partial charge in [-0.1, -0.05) is 13.8 Å². The number of hydrogen-bond donors (Lipinski definition) is 1. The van der Waals surface area contributed by atoms with E-state index in [1.54, 1.807) is 0 Å². The number of carbonyl (C=O) groups excluding carboxylic acids is 1. The monoisotopic (exact) mass is 256 g/mol. The van der Waals surface area contributed by atoms with Crippen LogP contribution in [0.3, 0.4) is 0 Å². The third-order valence-corrected chi connectivity index (χ3v) is 3.54. The van der Waals surface area contributed by atoms with Crippen molar-refractivity contribution in [2.75, 3.05) is 20.7 Å². The van der Waals surface area contributed by atoms with Crippen molar-refractivity contribution < 1.29 is 9.53 Å². The summed E-state index contributed by atoms with van der Waals surface area (Å²) in [5.74, 6) is 0.529. The van der Waals surface area contributed by atoms with Gasteiger partial charge in [0.1, 0.15) is 6.04 Å². The first-order valence-corrected chi connectivity index (χ1v) is 6.98. The first kappa shape index (κ1) is 15.4. The zero-order valence-electron chi connectivity index (χ0n) is 12.4. The van der Waals surface area contributed by atoms with Crippen LogP contribution in [-0.4, -0.2) is 49.7 Å². The topological polar surface area (TPSA) is 41.6 Å². The van der Waals surface area contributed by atoms with E-state index in [9.17, 15) is 4.79 Å². The van der Waals surface area contributed by atoms with Gasteiger partial charge >= 0.3 is 5.97 Å². The minimum Gasteiger partial charge on any atom is -0.468 e. The van der Waals surface area contributed by atoms with E-state index in [4.69, 9.17) is 4.74 Å². The molecule has 2 atom stereocenters. The van der Waals surface area contributed by atoms with Gasteiger partial charge in [-0.05, 0) is 39.2 Å². The van der Waals surface area contributed by atoms with Crippen LogP contribution in [0.15, 0.2) is 0 Å². The van der Waals surface area contributed by atoms with Crippen molar-refractivity contribution in [3.8, 4) is 0 Å². The summed E-state index contributed by atoms with van der Waals surface area (Å²) < 4.78 is 4.87. The van der Waals surface area contributed by atoms with Crippen LogP contribution < -0.4 is 5.32 Å². The van der Waals surface area contributed by atoms with Crippen molar-refractivity contribution in [1.29, 1.82) is 0 Å². The fourth-order valence-electron chi connectivity index (χ4n) is 2.20. The Morgan fingerprint density at radius 2 is 2.00 bits per heavy atom. The quantitative estimate of drug-likeness (QED) is 0.671. The first-order chi connectivity index (χ1) is 8.43. The molecule has 4 heteroatoms. The molecule has 1 aliphatic carbocycles. The predicted octanol–water partition coefficient (Wildman–Crippen LogP) is 1.65. The number of nitrogens with one attached hydrogen (secondary N) is 1. The molecule has 0 spiro atoms. The molecule has 0 bridgehead atoms. The predicted molar refractivity (Wildman–Crippen MR) is 73.5 cm³/mol. The molecule has 1 fully saturated rings. The van der Waals surface area contributed by atoms with E-state index in [0.717, 1.165) is 13.0 Å². The van der Waals surface area contributed by atoms with Gasteiger partial charge in [-0.25, -0.2) is 0 Å². The summed E-state index contributed by atoms with van der Waals surface area (Å²) in [5, 5.41) is 3.36. The van der Waals surface area contributed by atoms with Gasteiger partial charge in [-0.3, -0.25) is 4.79 Å². The summed E-state index contributed by atoms with van der Waals surface area (Å²) in [6.07, 6.45) is 3.51. The number of ether oxygens (including phenoxy) is 1. The Kier molecular flexibility index (Phi) is 6.09. The Balaban J connectivity index is 2.44. The molecule has 0 amide bonds. The van der Waals surface area contributed by atoms with Crippen molar-refractivity contribution >= 4 is 5.97 Å². The van der Waals surface area contributed by atoms with Crippen molar-refractivity contribution in [2.45, 2.75) is 58.2 Å². The number of hydrogen-bond acceptors (Lipinski definition) is 4. The Bertz CT molecular complexity index is 265. The lowest BCUT2D eigenvalue weighted by molar-refractivity contribution is -0.143. The molecule has 1 rings (SSSR count). The van der Waals surface area contributed by atoms with Crippen molar-refractivity contribution in [2.24, 2.45) is 5.92 Å². The zero-order valence-corrected chi connectivity index (χ0v) is 12.4. The second-order valence-corrected chi connectivity index (χ2v) is 5.93. The van der Waals surface area contributed by atoms with Gasteiger partial charge < -0.3 is 15.0 Å². The second-order valence-electron chi connectivity index (χ2n) is 5.93. The normalized spacial score (nSPS) is 19.1. The van der Waals surface area contributed by atoms with Gasteiger partial charge in [0.05, 0.1) is 7.11 Å². The Labute approximate surface area is 111 Å². The number of rotatable bonds is 8. The molecule has 0 aromatic heterocycles. The number of carbonyl (C=O) groups is 1. The molecule has 2 unspecified atom stereocenters. The van der Waals surface area contributed by atoms with E-state index in [1.165, 1.54) is 20.0 Å². The van der Waals surface area contributed by atoms with Gasteiger partial charge in [0.2, 0.25) is 0 Å². The van der Waals surface area contributed by atoms with Crippen molar-refractivity contribution in [3.63, 3.8) is 0 Å². The molecule has 1 aliphatic rings. The highest BCUT2D eigenvalue weighted by Crippen LogP contribution is 2.20. The van der Waals surface area contributed by atoms with Gasteiger partial charge in [-0.15, -0.1) is 0 Å². The fourth-order valence-corrected chi connectivity index (χ4v) is 2.20. The molecule has 1 N–H and O–H groups in total. The molecule has 0 heterocycles. The summed E-state index contributed by atoms with van der Waals surface area (Å²) in [4.78, 5) is 14.0. The van der Waals surface area contributed by atoms with E-state index < -0.39 is 0 Å². The maximum atomic E-state index is 11.7. The van der Waals surface area contributed by atoms with Crippen LogP contribution in [0.4, 0.5) is 0 Å². The SMILES string of the molecule is COC(=O)C(CN(C)C(C)CC(C)C)NC1CC1. The summed E-state index contributed by atoms with van der Waals surface area (Å²) in [5.41, 5.74) is 0. The largest absolute Gasteiger partial charge is 0.468 e. The van der Waals surface area contributed by atoms with E-state index >= 15 is 0 Å². The van der Waals surface area contributed by atoms with Gasteiger partial charge in [0.25, 0.3) is 0 Å². The molecule has 0 radical (unpaired) electrons. The maximum Gasteiger partial charge on any atom is 0.324 e. The molecule has 0 aromatic rings. The molecule has 1 saturated carbocycles. The van der Waals surface area contributed by atoms with Crippen molar-refractivity contribution in [3.05, 3.63) is 0 Å². The highest BCUT2D eigenvalue weighted by molar-refractivity contribution is 5.76. The molecule has 0 aliphatic heterocycles. The van der Waals surface area contributed by atoms with Crippen LogP contribution in [0.2, 0.25) is 0 Å². The smallest absolute Gasteiger partial charge is 0.324 e. The van der Waals surface area contributed by atoms with Gasteiger partial charge in [0, 0.05) is 18.6 Å². The molecule has 106 valence electrons. The zero-order chi connectivity index (χ0) is 13.7. The van der Waals surface area contributed by atoms with Gasteiger partial charge in [-0.2, -0.15) is 0 Å². The summed E-state index contributed by atoms with van der Waals surface area (Å²) in [7, 11) is 3.54. The molecule has 0 aromatic carbocycles. The minimum atomic E-state index is -0.192. The fraction of sp³-hybridized carbons (Fsp3) is 0.929. The Morgan fingerprint density at radius 3 is 2.44 bits per heavy atom. The Hall–Kier alpha value is -0.610. The van der Waals surface area contributed by atoms with Gasteiger partial charge in [0.15, 0.2) is 0 Å². The first-order valence-electron chi connectivity index (χ1n) is 6.98. The molecule has 0 saturated heterocycles. The number of likely N-dealkylation sites (N-methyl/N-ethyl adjacent to an activating group) is 1. The lowest BCUT2D eigenvalue weighted by Crippen LogP contribution is -2.48. The van der Waals surface area contributed by atoms with E-state index in [2.05, 4.69) is 38.0 Å². The molecule has 4 nitrogen and oxygen atoms in total. The summed E-state index contributed by atoms with van der Waals surface area (Å²) in [6.45, 7) is 7.39. The van der Waals surface area contributed by atoms with Crippen LogP contribution in [0.25, 0.3) is 0 Å². The summed E-state index contributed by atoms with van der Waals surface area (Å²) in [6, 6.07) is 0.808. The number of nitrogens with zero attached hydrogens (tertiary/aromatic N) is 1. The number of esters is 1. The van der Waals surface area contributed by atoms with E-state index in [0.29, 0.717) is 18.0 Å². The lowest BCUT2D eigenvalue weighted by Gasteiger charge is -2.29. The lowest BCUT2D eigenvalue weighted by atomic mass is 10.0. The van der Waals surface area contributed by atoms with Crippen LogP contribution >= 0.6 is 0 Å². The average molecular weight is 256 g/mol. The van der Waals surface area contributed by atoms with Crippen LogP contribution in [0, 0.1) is 5.92 Å². The van der Waals surface area contributed by atoms with Crippen LogP contribution in [0.1, 0.15) is 40.0 Å². The third kappa shape index (κ3) is 5.36. The second kappa shape index (κ2) is 7.10. The number of methoxy groups -OCH3 is 1. The van der Waals surface area contributed by atoms with E-state index in [-0.39, 0.29) is 12.0 Å². The van der Waals surface area contributed by atoms with Crippen molar-refractivity contribution in [1.82, 2.24) is 10.2 Å². The molecular formula is C14H28N2O2. The van der Waals surface area contributed by atoms with E-state index in [1.807, 2.05) is 0 Å². The third-order valence-electron chi connectivity index (χ3n) is 3.54. The molecule has 18 heavy (non-hydrogen) atoms. The minimum absolute atomic E-state index is 0.148. The van der Waals surface area contributed by atoms with Crippen LogP contribution in [-0.2, 0) is 9.53 Å². The standard InChI is InChI=1S/C14H28N2O2/c1-10(2)8-11(3)16(4)9-13(14(17)18-5)15-12-6-7-12/h10-13,15H,6-9H2,1-5H3. The Morgan fingerprint density at radius 1 is 1.39 bits per heavy atom. The highest BCUT2D eigenvalue weighted by Gasteiger charge is 2.30. The highest BCUT2D eigenvalue weighted by atomic mass is 16.5. The van der Waals surface area contributed by atoms with Crippen LogP contribution in [0.5, 0.6) is 0 Å². The maximum absolute atomic E-state index is 11.7. The summed E-state index contributed by atoms with van der Waals surface area (Å²) >= 11 is 0. The average Bonchev–Trinajstić information content (AvgIpc) is 3.09. The molecular weight excluding hydrogens is 228 g/mol.